The fourth-order valence-corrected chi connectivity index (χ4v) is 3.98. The largest absolute Gasteiger partial charge is 0.480 e. The number of unbranched alkanes of at least 4 members (excludes halogenated alkanes) is 1. The van der Waals surface area contributed by atoms with Crippen LogP contribution in [0.5, 0.6) is 0 Å². The normalized spacial score (nSPS) is 13.3. The Morgan fingerprint density at radius 1 is 1.03 bits per heavy atom. The van der Waals surface area contributed by atoms with Gasteiger partial charge in [0.05, 0.1) is 0 Å². The SMILES string of the molecule is CC(=O)N(C(=O)OCC1c2ccccc2-c2ccccc21)C(CCCCN)C(=O)O. The molecule has 0 radical (unpaired) electrons. The van der Waals surface area contributed by atoms with Gasteiger partial charge in [0.15, 0.2) is 0 Å². The first-order chi connectivity index (χ1) is 14.5. The first kappa shape index (κ1) is 21.5. The molecule has 3 N–H and O–H groups in total. The van der Waals surface area contributed by atoms with Crippen molar-refractivity contribution >= 4 is 18.0 Å². The molecule has 3 rings (SSSR count). The van der Waals surface area contributed by atoms with Gasteiger partial charge < -0.3 is 15.6 Å². The number of carbonyl (C=O) groups excluding carboxylic acids is 2. The lowest BCUT2D eigenvalue weighted by atomic mass is 9.98. The molecule has 2 aromatic rings. The van der Waals surface area contributed by atoms with Crippen LogP contribution in [0.25, 0.3) is 11.1 Å². The van der Waals surface area contributed by atoms with Crippen molar-refractivity contribution in [3.63, 3.8) is 0 Å². The lowest BCUT2D eigenvalue weighted by molar-refractivity contribution is -0.148. The number of hydrogen-bond donors (Lipinski definition) is 2. The van der Waals surface area contributed by atoms with Gasteiger partial charge in [-0.05, 0) is 48.1 Å². The summed E-state index contributed by atoms with van der Waals surface area (Å²) in [5, 5.41) is 9.55. The van der Waals surface area contributed by atoms with Gasteiger partial charge in [-0.1, -0.05) is 48.5 Å². The van der Waals surface area contributed by atoms with E-state index in [0.29, 0.717) is 24.3 Å². The molecule has 1 atom stereocenters. The van der Waals surface area contributed by atoms with E-state index in [9.17, 15) is 19.5 Å². The van der Waals surface area contributed by atoms with Gasteiger partial charge in [-0.2, -0.15) is 0 Å². The molecule has 0 saturated carbocycles. The number of ether oxygens (including phenoxy) is 1. The summed E-state index contributed by atoms with van der Waals surface area (Å²) in [6, 6.07) is 14.5. The van der Waals surface area contributed by atoms with Gasteiger partial charge >= 0.3 is 12.1 Å². The third kappa shape index (κ3) is 4.36. The highest BCUT2D eigenvalue weighted by Crippen LogP contribution is 2.44. The molecule has 1 aliphatic carbocycles. The number of benzene rings is 2. The van der Waals surface area contributed by atoms with Crippen molar-refractivity contribution in [2.24, 2.45) is 5.73 Å². The summed E-state index contributed by atoms with van der Waals surface area (Å²) in [4.78, 5) is 37.2. The second-order valence-corrected chi connectivity index (χ2v) is 7.33. The first-order valence-corrected chi connectivity index (χ1v) is 10.0. The van der Waals surface area contributed by atoms with Crippen molar-refractivity contribution < 1.29 is 24.2 Å². The summed E-state index contributed by atoms with van der Waals surface area (Å²) in [5.41, 5.74) is 9.71. The monoisotopic (exact) mass is 410 g/mol. The number of rotatable bonds is 8. The fraction of sp³-hybridized carbons (Fsp3) is 0.348. The molecule has 7 nitrogen and oxygen atoms in total. The Morgan fingerprint density at radius 2 is 1.60 bits per heavy atom. The third-order valence-electron chi connectivity index (χ3n) is 5.40. The maximum absolute atomic E-state index is 12.7. The summed E-state index contributed by atoms with van der Waals surface area (Å²) in [5.74, 6) is -2.07. The van der Waals surface area contributed by atoms with Gasteiger partial charge in [0, 0.05) is 12.8 Å². The molecular weight excluding hydrogens is 384 g/mol. The Morgan fingerprint density at radius 3 is 2.10 bits per heavy atom. The van der Waals surface area contributed by atoms with Crippen molar-refractivity contribution in [2.45, 2.75) is 38.1 Å². The average molecular weight is 410 g/mol. The van der Waals surface area contributed by atoms with E-state index >= 15 is 0 Å². The predicted molar refractivity (Wildman–Crippen MR) is 112 cm³/mol. The minimum absolute atomic E-state index is 0.0196. The lowest BCUT2D eigenvalue weighted by Gasteiger charge is -2.26. The molecule has 7 heteroatoms. The smallest absolute Gasteiger partial charge is 0.417 e. The van der Waals surface area contributed by atoms with Crippen LogP contribution in [0.3, 0.4) is 0 Å². The van der Waals surface area contributed by atoms with Gasteiger partial charge in [-0.3, -0.25) is 4.79 Å². The summed E-state index contributed by atoms with van der Waals surface area (Å²) < 4.78 is 5.48. The molecule has 0 spiro atoms. The molecule has 0 aliphatic heterocycles. The molecule has 158 valence electrons. The summed E-state index contributed by atoms with van der Waals surface area (Å²) in [6.45, 7) is 1.60. The number of carbonyl (C=O) groups is 3. The summed E-state index contributed by atoms with van der Waals surface area (Å²) in [6.07, 6.45) is 0.300. The number of nitrogens with zero attached hydrogens (tertiary/aromatic N) is 1. The van der Waals surface area contributed by atoms with Gasteiger partial charge in [0.2, 0.25) is 5.91 Å². The standard InChI is InChI=1S/C23H26N2O5/c1-15(26)25(21(22(27)28)12-6-7-13-24)23(29)30-14-20-18-10-4-2-8-16(18)17-9-3-5-11-19(17)20/h2-5,8-11,20-21H,6-7,12-14,24H2,1H3,(H,27,28). The van der Waals surface area contributed by atoms with Crippen LogP contribution < -0.4 is 5.73 Å². The second kappa shape index (κ2) is 9.54. The van der Waals surface area contributed by atoms with Crippen LogP contribution in [0, 0.1) is 0 Å². The van der Waals surface area contributed by atoms with Gasteiger partial charge in [-0.25, -0.2) is 14.5 Å². The van der Waals surface area contributed by atoms with E-state index < -0.39 is 24.0 Å². The molecule has 30 heavy (non-hydrogen) atoms. The molecule has 0 heterocycles. The van der Waals surface area contributed by atoms with Crippen molar-refractivity contribution in [3.05, 3.63) is 59.7 Å². The average Bonchev–Trinajstić information content (AvgIpc) is 3.05. The minimum atomic E-state index is -1.27. The molecule has 0 saturated heterocycles. The maximum atomic E-state index is 12.7. The Bertz CT molecular complexity index is 897. The molecule has 0 aromatic heterocycles. The van der Waals surface area contributed by atoms with Gasteiger partial charge in [0.1, 0.15) is 12.6 Å². The lowest BCUT2D eigenvalue weighted by Crippen LogP contribution is -2.48. The number of fused-ring (bicyclic) bond motifs is 3. The Kier molecular flexibility index (Phi) is 6.84. The number of hydrogen-bond acceptors (Lipinski definition) is 5. The molecule has 2 aromatic carbocycles. The van der Waals surface area contributed by atoms with Crippen LogP contribution in [0.4, 0.5) is 4.79 Å². The quantitative estimate of drug-likeness (QED) is 0.646. The molecule has 1 aliphatic rings. The van der Waals surface area contributed by atoms with E-state index in [0.717, 1.165) is 22.3 Å². The number of nitrogens with two attached hydrogens (primary N) is 1. The van der Waals surface area contributed by atoms with Crippen LogP contribution in [0.15, 0.2) is 48.5 Å². The molecule has 1 unspecified atom stereocenters. The second-order valence-electron chi connectivity index (χ2n) is 7.33. The van der Waals surface area contributed by atoms with Crippen molar-refractivity contribution in [3.8, 4) is 11.1 Å². The Balaban J connectivity index is 1.77. The van der Waals surface area contributed by atoms with E-state index in [1.807, 2.05) is 48.5 Å². The van der Waals surface area contributed by atoms with Crippen molar-refractivity contribution in [1.29, 1.82) is 0 Å². The predicted octanol–water partition coefficient (Wildman–Crippen LogP) is 3.37. The van der Waals surface area contributed by atoms with Crippen LogP contribution in [0.1, 0.15) is 43.2 Å². The van der Waals surface area contributed by atoms with E-state index in [4.69, 9.17) is 10.5 Å². The number of aliphatic carboxylic acids is 1. The third-order valence-corrected chi connectivity index (χ3v) is 5.40. The van der Waals surface area contributed by atoms with Gasteiger partial charge in [0.25, 0.3) is 0 Å². The zero-order valence-corrected chi connectivity index (χ0v) is 16.9. The molecule has 0 bridgehead atoms. The highest BCUT2D eigenvalue weighted by atomic mass is 16.6. The molecule has 2 amide bonds. The Hall–Kier alpha value is -3.19. The van der Waals surface area contributed by atoms with E-state index in [1.54, 1.807) is 0 Å². The highest BCUT2D eigenvalue weighted by Gasteiger charge is 2.35. The van der Waals surface area contributed by atoms with Crippen molar-refractivity contribution in [1.82, 2.24) is 4.90 Å². The van der Waals surface area contributed by atoms with Crippen LogP contribution >= 0.6 is 0 Å². The van der Waals surface area contributed by atoms with Gasteiger partial charge in [-0.15, -0.1) is 0 Å². The zero-order chi connectivity index (χ0) is 21.7. The zero-order valence-electron chi connectivity index (χ0n) is 16.9. The summed E-state index contributed by atoms with van der Waals surface area (Å²) in [7, 11) is 0. The molecular formula is C23H26N2O5. The van der Waals surface area contributed by atoms with Crippen molar-refractivity contribution in [2.75, 3.05) is 13.2 Å². The molecule has 0 fully saturated rings. The fourth-order valence-electron chi connectivity index (χ4n) is 3.98. The number of carboxylic acid groups (broad SMARTS) is 1. The Labute approximate surface area is 175 Å². The first-order valence-electron chi connectivity index (χ1n) is 10.0. The van der Waals surface area contributed by atoms with Crippen LogP contribution in [-0.4, -0.2) is 47.2 Å². The van der Waals surface area contributed by atoms with Crippen LogP contribution in [0.2, 0.25) is 0 Å². The maximum Gasteiger partial charge on any atom is 0.417 e. The highest BCUT2D eigenvalue weighted by molar-refractivity contribution is 5.95. The minimum Gasteiger partial charge on any atom is -0.480 e. The topological polar surface area (TPSA) is 110 Å². The van der Waals surface area contributed by atoms with E-state index in [2.05, 4.69) is 0 Å². The van der Waals surface area contributed by atoms with E-state index in [1.165, 1.54) is 6.92 Å². The van der Waals surface area contributed by atoms with E-state index in [-0.39, 0.29) is 18.9 Å². The number of amides is 2. The summed E-state index contributed by atoms with van der Waals surface area (Å²) >= 11 is 0. The number of imide groups is 1. The number of carboxylic acids is 1. The van der Waals surface area contributed by atoms with Crippen LogP contribution in [-0.2, 0) is 14.3 Å².